The maximum Gasteiger partial charge on any atom is 0.183 e. The third-order valence-electron chi connectivity index (χ3n) is 4.01. The standard InChI is InChI=1S/C17H15FN4O/c18-14-5-3-12(4-6-14)16(23)13-2-1-9-22(11-13)17-15(10-19)20-7-8-21-17/h3-8,13H,1-2,9,11H2. The number of carbonyl (C=O) groups is 1. The first-order chi connectivity index (χ1) is 11.2. The lowest BCUT2D eigenvalue weighted by Crippen LogP contribution is -2.39. The molecule has 1 aromatic heterocycles. The predicted octanol–water partition coefficient (Wildman–Crippen LogP) is 2.59. The van der Waals surface area contributed by atoms with Gasteiger partial charge in [-0.25, -0.2) is 14.4 Å². The minimum atomic E-state index is -0.356. The van der Waals surface area contributed by atoms with Gasteiger partial charge in [0.1, 0.15) is 11.9 Å². The Morgan fingerprint density at radius 1 is 1.26 bits per heavy atom. The average molecular weight is 310 g/mol. The summed E-state index contributed by atoms with van der Waals surface area (Å²) >= 11 is 0. The van der Waals surface area contributed by atoms with Gasteiger partial charge in [0.2, 0.25) is 0 Å². The Kier molecular flexibility index (Phi) is 4.29. The van der Waals surface area contributed by atoms with Crippen LogP contribution in [0.3, 0.4) is 0 Å². The molecule has 0 radical (unpaired) electrons. The predicted molar refractivity (Wildman–Crippen MR) is 82.4 cm³/mol. The van der Waals surface area contributed by atoms with Gasteiger partial charge in [-0.3, -0.25) is 4.79 Å². The molecule has 0 aliphatic carbocycles. The molecule has 6 heteroatoms. The number of benzene rings is 1. The van der Waals surface area contributed by atoms with Crippen LogP contribution in [0.15, 0.2) is 36.7 Å². The van der Waals surface area contributed by atoms with Crippen molar-refractivity contribution >= 4 is 11.6 Å². The second-order valence-electron chi connectivity index (χ2n) is 5.50. The molecule has 0 spiro atoms. The van der Waals surface area contributed by atoms with Crippen molar-refractivity contribution in [2.24, 2.45) is 5.92 Å². The molecule has 3 rings (SSSR count). The number of halogens is 1. The minimum absolute atomic E-state index is 0.00269. The van der Waals surface area contributed by atoms with E-state index in [1.165, 1.54) is 30.5 Å². The molecule has 1 aliphatic rings. The summed E-state index contributed by atoms with van der Waals surface area (Å²) in [5.74, 6) is -0.0310. The maximum atomic E-state index is 13.0. The molecule has 116 valence electrons. The number of hydrogen-bond acceptors (Lipinski definition) is 5. The lowest BCUT2D eigenvalue weighted by Gasteiger charge is -2.33. The number of aromatic nitrogens is 2. The van der Waals surface area contributed by atoms with Gasteiger partial charge in [0.25, 0.3) is 0 Å². The van der Waals surface area contributed by atoms with Crippen LogP contribution < -0.4 is 4.90 Å². The van der Waals surface area contributed by atoms with Crippen molar-refractivity contribution < 1.29 is 9.18 Å². The smallest absolute Gasteiger partial charge is 0.183 e. The molecule has 0 bridgehead atoms. The van der Waals surface area contributed by atoms with Crippen LogP contribution in [0.4, 0.5) is 10.2 Å². The molecule has 2 heterocycles. The van der Waals surface area contributed by atoms with Crippen LogP contribution in [0.25, 0.3) is 0 Å². The third-order valence-corrected chi connectivity index (χ3v) is 4.01. The fourth-order valence-electron chi connectivity index (χ4n) is 2.87. The summed E-state index contributed by atoms with van der Waals surface area (Å²) < 4.78 is 13.0. The number of nitriles is 1. The van der Waals surface area contributed by atoms with Crippen LogP contribution in [0.2, 0.25) is 0 Å². The van der Waals surface area contributed by atoms with Crippen LogP contribution in [0.5, 0.6) is 0 Å². The fourth-order valence-corrected chi connectivity index (χ4v) is 2.87. The van der Waals surface area contributed by atoms with Crippen molar-refractivity contribution in [2.45, 2.75) is 12.8 Å². The van der Waals surface area contributed by atoms with E-state index < -0.39 is 0 Å². The molecule has 1 saturated heterocycles. The van der Waals surface area contributed by atoms with Gasteiger partial charge in [-0.2, -0.15) is 5.26 Å². The second kappa shape index (κ2) is 6.53. The second-order valence-corrected chi connectivity index (χ2v) is 5.50. The maximum absolute atomic E-state index is 13.0. The summed E-state index contributed by atoms with van der Waals surface area (Å²) in [5.41, 5.74) is 0.778. The number of nitrogens with zero attached hydrogens (tertiary/aromatic N) is 4. The van der Waals surface area contributed by atoms with Gasteiger partial charge in [-0.15, -0.1) is 0 Å². The number of rotatable bonds is 3. The van der Waals surface area contributed by atoms with Crippen LogP contribution in [0.1, 0.15) is 28.9 Å². The van der Waals surface area contributed by atoms with Crippen molar-refractivity contribution in [1.29, 1.82) is 5.26 Å². The van der Waals surface area contributed by atoms with Gasteiger partial charge in [0.15, 0.2) is 17.3 Å². The van der Waals surface area contributed by atoms with Crippen molar-refractivity contribution in [3.05, 3.63) is 53.7 Å². The molecular formula is C17H15FN4O. The van der Waals surface area contributed by atoms with E-state index in [0.29, 0.717) is 17.9 Å². The topological polar surface area (TPSA) is 69.9 Å². The van der Waals surface area contributed by atoms with Crippen LogP contribution in [-0.4, -0.2) is 28.8 Å². The summed E-state index contributed by atoms with van der Waals surface area (Å²) in [4.78, 5) is 22.8. The van der Waals surface area contributed by atoms with E-state index in [0.717, 1.165) is 19.4 Å². The summed E-state index contributed by atoms with van der Waals surface area (Å²) in [7, 11) is 0. The first-order valence-electron chi connectivity index (χ1n) is 7.45. The molecule has 23 heavy (non-hydrogen) atoms. The normalized spacial score (nSPS) is 17.6. The molecule has 5 nitrogen and oxygen atoms in total. The molecule has 0 N–H and O–H groups in total. The number of Topliss-reactive ketones (excluding diaryl/α,β-unsaturated/α-hetero) is 1. The summed E-state index contributed by atoms with van der Waals surface area (Å²) in [6.07, 6.45) is 4.63. The summed E-state index contributed by atoms with van der Waals surface area (Å²) in [6.45, 7) is 1.23. The highest BCUT2D eigenvalue weighted by Gasteiger charge is 2.28. The fraction of sp³-hybridized carbons (Fsp3) is 0.294. The molecule has 0 saturated carbocycles. The van der Waals surface area contributed by atoms with Gasteiger partial charge in [0, 0.05) is 37.0 Å². The molecule has 0 amide bonds. The van der Waals surface area contributed by atoms with E-state index >= 15 is 0 Å². The van der Waals surface area contributed by atoms with Gasteiger partial charge in [0.05, 0.1) is 0 Å². The van der Waals surface area contributed by atoms with Crippen molar-refractivity contribution in [2.75, 3.05) is 18.0 Å². The molecule has 1 fully saturated rings. The van der Waals surface area contributed by atoms with Crippen molar-refractivity contribution in [3.8, 4) is 6.07 Å². The lowest BCUT2D eigenvalue weighted by atomic mass is 9.90. The zero-order chi connectivity index (χ0) is 16.2. The molecule has 1 atom stereocenters. The van der Waals surface area contributed by atoms with Crippen molar-refractivity contribution in [1.82, 2.24) is 9.97 Å². The Hall–Kier alpha value is -2.81. The molecule has 1 aromatic carbocycles. The van der Waals surface area contributed by atoms with E-state index in [2.05, 4.69) is 9.97 Å². The number of anilines is 1. The molecule has 1 unspecified atom stereocenters. The SMILES string of the molecule is N#Cc1nccnc1N1CCCC(C(=O)c2ccc(F)cc2)C1. The number of hydrogen-bond donors (Lipinski definition) is 0. The highest BCUT2D eigenvalue weighted by Crippen LogP contribution is 2.25. The Bertz CT molecular complexity index is 754. The van der Waals surface area contributed by atoms with Crippen LogP contribution >= 0.6 is 0 Å². The number of carbonyl (C=O) groups excluding carboxylic acids is 1. The monoisotopic (exact) mass is 310 g/mol. The van der Waals surface area contributed by atoms with Crippen molar-refractivity contribution in [3.63, 3.8) is 0 Å². The number of ketones is 1. The lowest BCUT2D eigenvalue weighted by molar-refractivity contribution is 0.0907. The Morgan fingerprint density at radius 3 is 2.74 bits per heavy atom. The highest BCUT2D eigenvalue weighted by molar-refractivity contribution is 5.98. The Balaban J connectivity index is 1.79. The van der Waals surface area contributed by atoms with Gasteiger partial charge in [-0.05, 0) is 37.1 Å². The van der Waals surface area contributed by atoms with Gasteiger partial charge >= 0.3 is 0 Å². The van der Waals surface area contributed by atoms with E-state index in [9.17, 15) is 9.18 Å². The average Bonchev–Trinajstić information content (AvgIpc) is 2.62. The van der Waals surface area contributed by atoms with E-state index in [1.807, 2.05) is 11.0 Å². The summed E-state index contributed by atoms with van der Waals surface area (Å²) in [6, 6.07) is 7.65. The van der Waals surface area contributed by atoms with Gasteiger partial charge in [-0.1, -0.05) is 0 Å². The zero-order valence-corrected chi connectivity index (χ0v) is 12.4. The Morgan fingerprint density at radius 2 is 2.00 bits per heavy atom. The van der Waals surface area contributed by atoms with Gasteiger partial charge < -0.3 is 4.90 Å². The Labute approximate surface area is 133 Å². The molecule has 1 aliphatic heterocycles. The quantitative estimate of drug-likeness (QED) is 0.815. The molecule has 2 aromatic rings. The third kappa shape index (κ3) is 3.19. The van der Waals surface area contributed by atoms with Crippen LogP contribution in [-0.2, 0) is 0 Å². The van der Waals surface area contributed by atoms with E-state index in [4.69, 9.17) is 5.26 Å². The first-order valence-corrected chi connectivity index (χ1v) is 7.45. The summed E-state index contributed by atoms with van der Waals surface area (Å²) in [5, 5.41) is 9.15. The minimum Gasteiger partial charge on any atom is -0.353 e. The first kappa shape index (κ1) is 15.1. The largest absolute Gasteiger partial charge is 0.353 e. The van der Waals surface area contributed by atoms with E-state index in [-0.39, 0.29) is 23.2 Å². The van der Waals surface area contributed by atoms with Crippen LogP contribution in [0, 0.1) is 23.1 Å². The zero-order valence-electron chi connectivity index (χ0n) is 12.4. The van der Waals surface area contributed by atoms with E-state index in [1.54, 1.807) is 6.20 Å². The highest BCUT2D eigenvalue weighted by atomic mass is 19.1. The number of piperidine rings is 1. The molecular weight excluding hydrogens is 295 g/mol.